The molecule has 0 bridgehead atoms. The second-order valence-electron chi connectivity index (χ2n) is 14.5. The van der Waals surface area contributed by atoms with E-state index in [-0.39, 0.29) is 24.4 Å². The molecule has 0 aromatic heterocycles. The summed E-state index contributed by atoms with van der Waals surface area (Å²) in [6, 6.07) is -3.52. The molecule has 1 unspecified atom stereocenters. The number of rotatable bonds is 12. The van der Waals surface area contributed by atoms with Gasteiger partial charge in [0.15, 0.2) is 0 Å². The molecule has 3 aliphatic rings. The Hall–Kier alpha value is -3.38. The fraction of sp³-hybridized carbons (Fsp3) is 0.812. The minimum atomic E-state index is -1.10. The second kappa shape index (κ2) is 15.3. The highest BCUT2D eigenvalue weighted by Crippen LogP contribution is 2.35. The number of nitrogens with one attached hydrogen (secondary N) is 3. The van der Waals surface area contributed by atoms with Crippen molar-refractivity contribution >= 4 is 35.7 Å². The summed E-state index contributed by atoms with van der Waals surface area (Å²) in [6.45, 7) is 9.69. The van der Waals surface area contributed by atoms with Gasteiger partial charge in [-0.2, -0.15) is 0 Å². The second-order valence-corrected chi connectivity index (χ2v) is 14.5. The summed E-state index contributed by atoms with van der Waals surface area (Å²) in [4.78, 5) is 79.4. The number of hydrogen-bond acceptors (Lipinski definition) is 8. The molecular formula is C32H53N5O8. The molecule has 254 valence electrons. The average Bonchev–Trinajstić information content (AvgIpc) is 3.41. The van der Waals surface area contributed by atoms with Crippen molar-refractivity contribution in [3.05, 3.63) is 0 Å². The van der Waals surface area contributed by atoms with Gasteiger partial charge >= 0.3 is 12.2 Å². The van der Waals surface area contributed by atoms with Crippen LogP contribution in [0.25, 0.3) is 0 Å². The lowest BCUT2D eigenvalue weighted by molar-refractivity contribution is -0.144. The maximum Gasteiger partial charge on any atom is 0.508 e. The number of ketones is 1. The molecule has 0 spiro atoms. The van der Waals surface area contributed by atoms with Gasteiger partial charge in [0, 0.05) is 6.54 Å². The summed E-state index contributed by atoms with van der Waals surface area (Å²) < 4.78 is 9.84. The van der Waals surface area contributed by atoms with Gasteiger partial charge in [-0.15, -0.1) is 0 Å². The molecule has 2 aliphatic carbocycles. The number of Topliss-reactive ketones (excluding diaryl/α,β-unsaturated/α-hetero) is 1. The van der Waals surface area contributed by atoms with Crippen molar-refractivity contribution in [3.8, 4) is 0 Å². The fourth-order valence-corrected chi connectivity index (χ4v) is 6.83. The largest absolute Gasteiger partial charge is 0.508 e. The van der Waals surface area contributed by atoms with Crippen LogP contribution < -0.4 is 21.7 Å². The van der Waals surface area contributed by atoms with E-state index in [0.29, 0.717) is 32.2 Å². The third-order valence-corrected chi connectivity index (χ3v) is 9.73. The van der Waals surface area contributed by atoms with E-state index in [2.05, 4.69) is 20.7 Å². The van der Waals surface area contributed by atoms with E-state index in [1.54, 1.807) is 0 Å². The van der Waals surface area contributed by atoms with Crippen LogP contribution in [0.4, 0.5) is 9.59 Å². The van der Waals surface area contributed by atoms with E-state index in [0.717, 1.165) is 38.5 Å². The zero-order valence-electron chi connectivity index (χ0n) is 27.7. The first-order valence-corrected chi connectivity index (χ1v) is 16.3. The van der Waals surface area contributed by atoms with Gasteiger partial charge in [0.25, 0.3) is 5.91 Å². The first-order valence-electron chi connectivity index (χ1n) is 16.3. The molecule has 45 heavy (non-hydrogen) atoms. The number of hydrogen-bond donors (Lipinski definition) is 4. The predicted molar refractivity (Wildman–Crippen MR) is 166 cm³/mol. The van der Waals surface area contributed by atoms with Crippen molar-refractivity contribution in [1.82, 2.24) is 20.9 Å². The lowest BCUT2D eigenvalue weighted by atomic mass is 9.80. The topological polar surface area (TPSA) is 186 Å². The third kappa shape index (κ3) is 9.32. The zero-order chi connectivity index (χ0) is 33.5. The van der Waals surface area contributed by atoms with Gasteiger partial charge in [0.1, 0.15) is 18.7 Å². The highest BCUT2D eigenvalue weighted by atomic mass is 16.7. The monoisotopic (exact) mass is 635 g/mol. The number of primary amides is 1. The Morgan fingerprint density at radius 3 is 2.11 bits per heavy atom. The highest BCUT2D eigenvalue weighted by Gasteiger charge is 2.48. The standard InChI is InChI=1S/C32H53N5O8/c1-19(2)21-13-16-37(23(21)27(40)34-22(24(38)26(33)39)17-20-11-10-12-20)28(41)25(31(3,4)5)35-29(42)36-32(14-8-7-9-15-32)18-45-30(43)44-6/h19-23,25H,7-18H2,1-6H3,(H2,33,39)(H,34,40)(H2,35,36,42)/t21-,22?,23+,25-/m1/s1. The molecule has 5 N–H and O–H groups in total. The van der Waals surface area contributed by atoms with E-state index in [9.17, 15) is 28.8 Å². The molecule has 4 atom stereocenters. The van der Waals surface area contributed by atoms with Crippen molar-refractivity contribution in [3.63, 3.8) is 0 Å². The van der Waals surface area contributed by atoms with Crippen LogP contribution in [0.1, 0.15) is 98.8 Å². The predicted octanol–water partition coefficient (Wildman–Crippen LogP) is 2.79. The van der Waals surface area contributed by atoms with Gasteiger partial charge in [0.2, 0.25) is 17.6 Å². The Bertz CT molecular complexity index is 1110. The molecule has 13 nitrogen and oxygen atoms in total. The van der Waals surface area contributed by atoms with Crippen LogP contribution in [0.5, 0.6) is 0 Å². The van der Waals surface area contributed by atoms with Crippen molar-refractivity contribution in [2.24, 2.45) is 28.9 Å². The van der Waals surface area contributed by atoms with Crippen LogP contribution in [-0.4, -0.2) is 84.5 Å². The number of ether oxygens (including phenoxy) is 2. The van der Waals surface area contributed by atoms with Gasteiger partial charge < -0.3 is 36.1 Å². The molecular weight excluding hydrogens is 582 g/mol. The Labute approximate surface area is 266 Å². The van der Waals surface area contributed by atoms with E-state index in [1.165, 1.54) is 12.0 Å². The SMILES string of the molecule is COC(=O)OCC1(NC(=O)N[C@H](C(=O)N2CC[C@H](C(C)C)[C@H]2C(=O)NC(CC2CCC2)C(=O)C(N)=O)C(C)(C)C)CCCCC1. The number of carbonyl (C=O) groups excluding carboxylic acids is 6. The number of methoxy groups -OCH3 is 1. The van der Waals surface area contributed by atoms with Crippen molar-refractivity contribution in [1.29, 1.82) is 0 Å². The quantitative estimate of drug-likeness (QED) is 0.186. The molecule has 5 amide bonds. The summed E-state index contributed by atoms with van der Waals surface area (Å²) in [5.41, 5.74) is 3.79. The number of nitrogens with zero attached hydrogens (tertiary/aromatic N) is 1. The number of carbonyl (C=O) groups is 6. The summed E-state index contributed by atoms with van der Waals surface area (Å²) in [6.07, 6.45) is 6.79. The first kappa shape index (κ1) is 36.1. The number of amides is 5. The van der Waals surface area contributed by atoms with Crippen LogP contribution in [0, 0.1) is 23.2 Å². The van der Waals surface area contributed by atoms with Crippen molar-refractivity contribution < 1.29 is 38.2 Å². The molecule has 1 saturated heterocycles. The summed E-state index contributed by atoms with van der Waals surface area (Å²) in [5.74, 6) is -2.79. The van der Waals surface area contributed by atoms with Gasteiger partial charge in [-0.25, -0.2) is 9.59 Å². The van der Waals surface area contributed by atoms with Crippen molar-refractivity contribution in [2.45, 2.75) is 122 Å². The molecule has 3 rings (SSSR count). The normalized spacial score (nSPS) is 22.9. The summed E-state index contributed by atoms with van der Waals surface area (Å²) >= 11 is 0. The van der Waals surface area contributed by atoms with E-state index in [1.807, 2.05) is 34.6 Å². The molecule has 13 heteroatoms. The van der Waals surface area contributed by atoms with Gasteiger partial charge in [-0.05, 0) is 48.9 Å². The Kier molecular flexibility index (Phi) is 12.2. The molecule has 1 aliphatic heterocycles. The van der Waals surface area contributed by atoms with E-state index < -0.39 is 64.8 Å². The molecule has 3 fully saturated rings. The minimum absolute atomic E-state index is 0.0424. The third-order valence-electron chi connectivity index (χ3n) is 9.73. The van der Waals surface area contributed by atoms with Crippen molar-refractivity contribution in [2.75, 3.05) is 20.3 Å². The van der Waals surface area contributed by atoms with Crippen LogP contribution in [0.3, 0.4) is 0 Å². The van der Waals surface area contributed by atoms with Crippen LogP contribution in [0.2, 0.25) is 0 Å². The van der Waals surface area contributed by atoms with Gasteiger partial charge in [0.05, 0.1) is 18.7 Å². The summed E-state index contributed by atoms with van der Waals surface area (Å²) in [5, 5.41) is 8.63. The summed E-state index contributed by atoms with van der Waals surface area (Å²) in [7, 11) is 1.22. The molecule has 0 aromatic carbocycles. The fourth-order valence-electron chi connectivity index (χ4n) is 6.83. The Balaban J connectivity index is 1.81. The van der Waals surface area contributed by atoms with Gasteiger partial charge in [-0.1, -0.05) is 73.1 Å². The number of urea groups is 1. The van der Waals surface area contributed by atoms with E-state index in [4.69, 9.17) is 10.5 Å². The molecule has 0 aromatic rings. The Morgan fingerprint density at radius 2 is 1.60 bits per heavy atom. The molecule has 0 radical (unpaired) electrons. The number of likely N-dealkylation sites (tertiary alicyclic amines) is 1. The number of nitrogens with two attached hydrogens (primary N) is 1. The molecule has 1 heterocycles. The maximum absolute atomic E-state index is 14.3. The minimum Gasteiger partial charge on any atom is -0.438 e. The highest BCUT2D eigenvalue weighted by molar-refractivity contribution is 6.37. The average molecular weight is 636 g/mol. The van der Waals surface area contributed by atoms with E-state index >= 15 is 0 Å². The smallest absolute Gasteiger partial charge is 0.438 e. The first-order chi connectivity index (χ1) is 21.1. The molecule has 2 saturated carbocycles. The lowest BCUT2D eigenvalue weighted by Crippen LogP contribution is -2.63. The van der Waals surface area contributed by atoms with Crippen LogP contribution in [-0.2, 0) is 28.7 Å². The zero-order valence-corrected chi connectivity index (χ0v) is 27.7. The lowest BCUT2D eigenvalue weighted by Gasteiger charge is -2.40. The Morgan fingerprint density at radius 1 is 0.956 bits per heavy atom. The van der Waals surface area contributed by atoms with Gasteiger partial charge in [-0.3, -0.25) is 19.2 Å². The maximum atomic E-state index is 14.3. The van der Waals surface area contributed by atoms with Crippen LogP contribution in [0.15, 0.2) is 0 Å². The van der Waals surface area contributed by atoms with Crippen LogP contribution >= 0.6 is 0 Å².